The summed E-state index contributed by atoms with van der Waals surface area (Å²) in [5, 5.41) is 13.6. The summed E-state index contributed by atoms with van der Waals surface area (Å²) in [5.41, 5.74) is 2.05. The molecule has 0 bridgehead atoms. The lowest BCUT2D eigenvalue weighted by atomic mass is 10.1. The fraction of sp³-hybridized carbons (Fsp3) is 0. The van der Waals surface area contributed by atoms with Crippen LogP contribution in [0.25, 0.3) is 11.3 Å². The number of hydrogen-bond donors (Lipinski definition) is 0. The minimum atomic E-state index is -0.458. The molecule has 26 heavy (non-hydrogen) atoms. The molecule has 4 rings (SSSR count). The first-order chi connectivity index (χ1) is 12.7. The number of hydrogen-bond acceptors (Lipinski definition) is 5. The van der Waals surface area contributed by atoms with Gasteiger partial charge in [-0.3, -0.25) is 9.59 Å². The van der Waals surface area contributed by atoms with Crippen LogP contribution in [0.1, 0.15) is 32.0 Å². The van der Waals surface area contributed by atoms with Crippen LogP contribution in [-0.4, -0.2) is 23.0 Å². The van der Waals surface area contributed by atoms with Crippen molar-refractivity contribution < 1.29 is 14.0 Å². The zero-order valence-corrected chi connectivity index (χ0v) is 13.4. The summed E-state index contributed by atoms with van der Waals surface area (Å²) < 4.78 is 5.67. The first-order valence-electron chi connectivity index (χ1n) is 7.79. The van der Waals surface area contributed by atoms with Gasteiger partial charge in [0.25, 0.3) is 11.8 Å². The number of furan rings is 1. The highest BCUT2D eigenvalue weighted by Gasteiger charge is 2.35. The summed E-state index contributed by atoms with van der Waals surface area (Å²) in [4.78, 5) is 24.5. The van der Waals surface area contributed by atoms with Crippen molar-refractivity contribution >= 4 is 18.0 Å². The van der Waals surface area contributed by atoms with E-state index in [0.717, 1.165) is 10.6 Å². The van der Waals surface area contributed by atoms with E-state index in [9.17, 15) is 9.59 Å². The number of nitrogens with zero attached hydrogens (tertiary/aromatic N) is 3. The second kappa shape index (κ2) is 6.15. The lowest BCUT2D eigenvalue weighted by Crippen LogP contribution is -2.23. The number of carbonyl (C=O) groups is 2. The van der Waals surface area contributed by atoms with Gasteiger partial charge in [-0.15, -0.1) is 0 Å². The van der Waals surface area contributed by atoms with E-state index in [1.165, 1.54) is 6.21 Å². The van der Waals surface area contributed by atoms with Crippen molar-refractivity contribution in [1.82, 2.24) is 5.01 Å². The van der Waals surface area contributed by atoms with E-state index in [1.807, 2.05) is 0 Å². The Morgan fingerprint density at radius 1 is 0.923 bits per heavy atom. The van der Waals surface area contributed by atoms with Crippen molar-refractivity contribution in [1.29, 1.82) is 5.26 Å². The number of benzene rings is 2. The topological polar surface area (TPSA) is 86.7 Å². The molecule has 0 aliphatic carbocycles. The Morgan fingerprint density at radius 3 is 2.19 bits per heavy atom. The highest BCUT2D eigenvalue weighted by Crippen LogP contribution is 2.24. The molecule has 0 atom stereocenters. The number of rotatable bonds is 3. The number of amides is 2. The molecule has 2 heterocycles. The highest BCUT2D eigenvalue weighted by molar-refractivity contribution is 6.21. The number of hydrazone groups is 1. The van der Waals surface area contributed by atoms with Crippen molar-refractivity contribution in [2.45, 2.75) is 0 Å². The first-order valence-corrected chi connectivity index (χ1v) is 7.79. The van der Waals surface area contributed by atoms with Gasteiger partial charge < -0.3 is 4.42 Å². The Labute approximate surface area is 148 Å². The predicted molar refractivity (Wildman–Crippen MR) is 93.4 cm³/mol. The van der Waals surface area contributed by atoms with Gasteiger partial charge in [0.2, 0.25) is 0 Å². The molecule has 1 aliphatic rings. The van der Waals surface area contributed by atoms with Crippen molar-refractivity contribution in [3.8, 4) is 17.4 Å². The van der Waals surface area contributed by atoms with E-state index >= 15 is 0 Å². The summed E-state index contributed by atoms with van der Waals surface area (Å²) in [6.07, 6.45) is 1.33. The normalized spacial score (nSPS) is 13.3. The van der Waals surface area contributed by atoms with Crippen LogP contribution < -0.4 is 0 Å². The van der Waals surface area contributed by atoms with Crippen LogP contribution >= 0.6 is 0 Å². The van der Waals surface area contributed by atoms with E-state index in [-0.39, 0.29) is 0 Å². The maximum absolute atomic E-state index is 12.2. The largest absolute Gasteiger partial charge is 0.455 e. The van der Waals surface area contributed by atoms with E-state index < -0.39 is 11.8 Å². The summed E-state index contributed by atoms with van der Waals surface area (Å²) >= 11 is 0. The fourth-order valence-corrected chi connectivity index (χ4v) is 2.68. The predicted octanol–water partition coefficient (Wildman–Crippen LogP) is 3.45. The smallest absolute Gasteiger partial charge is 0.282 e. The highest BCUT2D eigenvalue weighted by atomic mass is 16.3. The van der Waals surface area contributed by atoms with Crippen LogP contribution in [0.5, 0.6) is 0 Å². The molecule has 2 aromatic carbocycles. The minimum absolute atomic E-state index is 0.340. The molecule has 0 radical (unpaired) electrons. The van der Waals surface area contributed by atoms with Gasteiger partial charge in [0.15, 0.2) is 0 Å². The van der Waals surface area contributed by atoms with E-state index in [0.29, 0.717) is 28.2 Å². The van der Waals surface area contributed by atoms with E-state index in [1.54, 1.807) is 60.7 Å². The van der Waals surface area contributed by atoms with Crippen LogP contribution in [0.2, 0.25) is 0 Å². The fourth-order valence-electron chi connectivity index (χ4n) is 2.68. The van der Waals surface area contributed by atoms with Gasteiger partial charge in [0.05, 0.1) is 29.0 Å². The minimum Gasteiger partial charge on any atom is -0.455 e. The summed E-state index contributed by atoms with van der Waals surface area (Å²) in [6, 6.07) is 19.1. The van der Waals surface area contributed by atoms with Gasteiger partial charge in [-0.1, -0.05) is 12.1 Å². The monoisotopic (exact) mass is 341 g/mol. The number of fused-ring (bicyclic) bond motifs is 1. The Balaban J connectivity index is 1.55. The summed E-state index contributed by atoms with van der Waals surface area (Å²) in [5.74, 6) is 0.0839. The Hall–Kier alpha value is -3.98. The van der Waals surface area contributed by atoms with Gasteiger partial charge in [-0.05, 0) is 48.5 Å². The molecule has 0 N–H and O–H groups in total. The van der Waals surface area contributed by atoms with Gasteiger partial charge in [-0.25, -0.2) is 0 Å². The number of imide groups is 1. The van der Waals surface area contributed by atoms with Crippen LogP contribution in [0.3, 0.4) is 0 Å². The molecular formula is C20H11N3O3. The third kappa shape index (κ3) is 2.58. The molecule has 0 spiro atoms. The molecule has 1 aliphatic heterocycles. The molecule has 124 valence electrons. The van der Waals surface area contributed by atoms with Gasteiger partial charge in [-0.2, -0.15) is 15.4 Å². The Bertz CT molecular complexity index is 1050. The third-order valence-corrected chi connectivity index (χ3v) is 4.00. The van der Waals surface area contributed by atoms with Crippen LogP contribution in [0, 0.1) is 11.3 Å². The summed E-state index contributed by atoms with van der Waals surface area (Å²) in [7, 11) is 0. The molecule has 3 aromatic rings. The number of carbonyl (C=O) groups excluding carboxylic acids is 2. The second-order valence-corrected chi connectivity index (χ2v) is 5.60. The second-order valence-electron chi connectivity index (χ2n) is 5.60. The van der Waals surface area contributed by atoms with E-state index in [4.69, 9.17) is 9.68 Å². The van der Waals surface area contributed by atoms with E-state index in [2.05, 4.69) is 11.2 Å². The molecule has 2 amide bonds. The van der Waals surface area contributed by atoms with Gasteiger partial charge >= 0.3 is 0 Å². The standard InChI is InChI=1S/C20H11N3O3/c21-11-13-5-7-14(8-6-13)18-10-9-15(26-18)12-22-23-19(24)16-3-1-2-4-17(16)20(23)25/h1-10,12H/b22-12-. The van der Waals surface area contributed by atoms with Crippen LogP contribution in [0.4, 0.5) is 0 Å². The molecule has 6 nitrogen and oxygen atoms in total. The molecule has 0 saturated carbocycles. The summed E-state index contributed by atoms with van der Waals surface area (Å²) in [6.45, 7) is 0. The molecule has 0 saturated heterocycles. The molecular weight excluding hydrogens is 330 g/mol. The average Bonchev–Trinajstić information content (AvgIpc) is 3.25. The molecule has 0 fully saturated rings. The van der Waals surface area contributed by atoms with Crippen molar-refractivity contribution in [2.75, 3.05) is 0 Å². The molecule has 1 aromatic heterocycles. The quantitative estimate of drug-likeness (QED) is 0.539. The Kier molecular flexibility index (Phi) is 3.67. The van der Waals surface area contributed by atoms with Gasteiger partial charge in [0, 0.05) is 5.56 Å². The zero-order valence-electron chi connectivity index (χ0n) is 13.4. The van der Waals surface area contributed by atoms with Crippen molar-refractivity contribution in [3.05, 3.63) is 83.1 Å². The molecule has 0 unspecified atom stereocenters. The average molecular weight is 341 g/mol. The lowest BCUT2D eigenvalue weighted by Gasteiger charge is -2.04. The maximum atomic E-state index is 12.2. The zero-order chi connectivity index (χ0) is 18.1. The third-order valence-electron chi connectivity index (χ3n) is 4.00. The lowest BCUT2D eigenvalue weighted by molar-refractivity contribution is 0.0660. The van der Waals surface area contributed by atoms with Crippen LogP contribution in [0.15, 0.2) is 70.2 Å². The van der Waals surface area contributed by atoms with Crippen molar-refractivity contribution in [3.63, 3.8) is 0 Å². The Morgan fingerprint density at radius 2 is 1.58 bits per heavy atom. The number of nitriles is 1. The van der Waals surface area contributed by atoms with Gasteiger partial charge in [0.1, 0.15) is 11.5 Å². The molecule has 6 heteroatoms. The maximum Gasteiger partial charge on any atom is 0.282 e. The van der Waals surface area contributed by atoms with Crippen LogP contribution in [-0.2, 0) is 0 Å². The first kappa shape index (κ1) is 15.5. The van der Waals surface area contributed by atoms with Crippen molar-refractivity contribution in [2.24, 2.45) is 5.10 Å². The SMILES string of the molecule is N#Cc1ccc(-c2ccc(/C=N\N3C(=O)c4ccccc4C3=O)o2)cc1.